The van der Waals surface area contributed by atoms with E-state index in [-0.39, 0.29) is 18.4 Å². The Morgan fingerprint density at radius 1 is 1.44 bits per heavy atom. The minimum Gasteiger partial charge on any atom is -0.481 e. The zero-order chi connectivity index (χ0) is 13.5. The van der Waals surface area contributed by atoms with Gasteiger partial charge in [-0.15, -0.1) is 0 Å². The number of rotatable bonds is 9. The minimum absolute atomic E-state index is 0.0146. The topological polar surface area (TPSA) is 69.6 Å². The van der Waals surface area contributed by atoms with Crippen LogP contribution in [0.5, 0.6) is 0 Å². The number of hydrogen-bond acceptors (Lipinski definition) is 3. The van der Waals surface area contributed by atoms with E-state index in [2.05, 4.69) is 12.2 Å². The number of carboxylic acid groups (broad SMARTS) is 1. The Morgan fingerprint density at radius 2 is 2.11 bits per heavy atom. The lowest BCUT2D eigenvalue weighted by molar-refractivity contribution is -0.138. The molecule has 1 saturated carbocycles. The van der Waals surface area contributed by atoms with Crippen LogP contribution < -0.4 is 5.32 Å². The number of carboxylic acids is 1. The summed E-state index contributed by atoms with van der Waals surface area (Å²) in [5, 5.41) is 11.6. The smallest absolute Gasteiger partial charge is 0.304 e. The number of unbranched alkanes of at least 4 members (excludes halogenated alkanes) is 1. The molecule has 5 nitrogen and oxygen atoms in total. The molecule has 1 amide bonds. The molecular formula is C13H24N2O3. The summed E-state index contributed by atoms with van der Waals surface area (Å²) in [5.41, 5.74) is 0. The first-order chi connectivity index (χ1) is 8.56. The third kappa shape index (κ3) is 5.04. The zero-order valence-electron chi connectivity index (χ0n) is 11.3. The third-order valence-electron chi connectivity index (χ3n) is 3.31. The Bertz CT molecular complexity index is 290. The number of amides is 1. The largest absolute Gasteiger partial charge is 0.481 e. The lowest BCUT2D eigenvalue weighted by atomic mass is 10.2. The van der Waals surface area contributed by atoms with Gasteiger partial charge in [-0.2, -0.15) is 0 Å². The zero-order valence-corrected chi connectivity index (χ0v) is 11.3. The summed E-state index contributed by atoms with van der Waals surface area (Å²) in [4.78, 5) is 24.6. The van der Waals surface area contributed by atoms with Crippen molar-refractivity contribution < 1.29 is 14.7 Å². The average Bonchev–Trinajstić information content (AvgIpc) is 3.13. The predicted octanol–water partition coefficient (Wildman–Crippen LogP) is 1.23. The van der Waals surface area contributed by atoms with E-state index < -0.39 is 5.97 Å². The van der Waals surface area contributed by atoms with Crippen molar-refractivity contribution in [2.24, 2.45) is 0 Å². The summed E-state index contributed by atoms with van der Waals surface area (Å²) in [6.45, 7) is 5.11. The molecule has 0 radical (unpaired) electrons. The SMILES string of the molecule is CCCCNC(=O)C(C)N(CCC(=O)O)C1CC1. The maximum absolute atomic E-state index is 11.9. The fourth-order valence-corrected chi connectivity index (χ4v) is 2.01. The molecule has 1 aliphatic rings. The number of carbonyl (C=O) groups excluding carboxylic acids is 1. The molecule has 0 saturated heterocycles. The van der Waals surface area contributed by atoms with Gasteiger partial charge in [0.25, 0.3) is 0 Å². The fraction of sp³-hybridized carbons (Fsp3) is 0.846. The highest BCUT2D eigenvalue weighted by atomic mass is 16.4. The summed E-state index contributed by atoms with van der Waals surface area (Å²) in [6, 6.07) is 0.171. The first kappa shape index (κ1) is 15.0. The first-order valence-corrected chi connectivity index (χ1v) is 6.81. The van der Waals surface area contributed by atoms with Gasteiger partial charge < -0.3 is 10.4 Å². The van der Waals surface area contributed by atoms with E-state index in [1.807, 2.05) is 11.8 Å². The predicted molar refractivity (Wildman–Crippen MR) is 69.4 cm³/mol. The van der Waals surface area contributed by atoms with E-state index in [1.54, 1.807) is 0 Å². The second kappa shape index (κ2) is 7.36. The van der Waals surface area contributed by atoms with Crippen molar-refractivity contribution >= 4 is 11.9 Å². The molecule has 1 aliphatic carbocycles. The quantitative estimate of drug-likeness (QED) is 0.609. The Labute approximate surface area is 109 Å². The molecule has 0 spiro atoms. The van der Waals surface area contributed by atoms with Crippen LogP contribution in [-0.4, -0.2) is 47.1 Å². The van der Waals surface area contributed by atoms with Crippen LogP contribution in [0.25, 0.3) is 0 Å². The Hall–Kier alpha value is -1.10. The Kier molecular flexibility index (Phi) is 6.12. The van der Waals surface area contributed by atoms with Crippen molar-refractivity contribution in [3.05, 3.63) is 0 Å². The third-order valence-corrected chi connectivity index (χ3v) is 3.31. The summed E-state index contributed by atoms with van der Waals surface area (Å²) >= 11 is 0. The van der Waals surface area contributed by atoms with Gasteiger partial charge in [0.2, 0.25) is 5.91 Å². The maximum atomic E-state index is 11.9. The maximum Gasteiger partial charge on any atom is 0.304 e. The van der Waals surface area contributed by atoms with Crippen molar-refractivity contribution in [2.45, 2.75) is 58.0 Å². The monoisotopic (exact) mass is 256 g/mol. The van der Waals surface area contributed by atoms with Crippen LogP contribution >= 0.6 is 0 Å². The molecule has 1 atom stereocenters. The molecule has 1 unspecified atom stereocenters. The Morgan fingerprint density at radius 3 is 2.61 bits per heavy atom. The van der Waals surface area contributed by atoms with Crippen LogP contribution in [0, 0.1) is 0 Å². The van der Waals surface area contributed by atoms with Gasteiger partial charge in [-0.25, -0.2) is 0 Å². The summed E-state index contributed by atoms with van der Waals surface area (Å²) in [6.07, 6.45) is 4.29. The Balaban J connectivity index is 2.40. The van der Waals surface area contributed by atoms with Crippen molar-refractivity contribution in [1.29, 1.82) is 0 Å². The number of nitrogens with one attached hydrogen (secondary N) is 1. The molecule has 104 valence electrons. The molecule has 0 aromatic heterocycles. The van der Waals surface area contributed by atoms with Gasteiger partial charge in [0.1, 0.15) is 0 Å². The van der Waals surface area contributed by atoms with E-state index in [4.69, 9.17) is 5.11 Å². The molecular weight excluding hydrogens is 232 g/mol. The number of aliphatic carboxylic acids is 1. The van der Waals surface area contributed by atoms with Gasteiger partial charge in [0.15, 0.2) is 0 Å². The molecule has 1 rings (SSSR count). The van der Waals surface area contributed by atoms with Crippen LogP contribution in [0.3, 0.4) is 0 Å². The second-order valence-electron chi connectivity index (χ2n) is 4.93. The lowest BCUT2D eigenvalue weighted by Crippen LogP contribution is -2.47. The van der Waals surface area contributed by atoms with Crippen molar-refractivity contribution in [2.75, 3.05) is 13.1 Å². The molecule has 0 aromatic carbocycles. The number of carbonyl (C=O) groups is 2. The highest BCUT2D eigenvalue weighted by molar-refractivity contribution is 5.81. The molecule has 0 bridgehead atoms. The van der Waals surface area contributed by atoms with E-state index >= 15 is 0 Å². The van der Waals surface area contributed by atoms with E-state index in [1.165, 1.54) is 0 Å². The minimum atomic E-state index is -0.806. The summed E-state index contributed by atoms with van der Waals surface area (Å²) in [7, 11) is 0. The van der Waals surface area contributed by atoms with Crippen LogP contribution in [0.2, 0.25) is 0 Å². The molecule has 18 heavy (non-hydrogen) atoms. The fourth-order valence-electron chi connectivity index (χ4n) is 2.01. The average molecular weight is 256 g/mol. The first-order valence-electron chi connectivity index (χ1n) is 6.81. The van der Waals surface area contributed by atoms with E-state index in [9.17, 15) is 9.59 Å². The summed E-state index contributed by atoms with van der Waals surface area (Å²) in [5.74, 6) is -0.792. The van der Waals surface area contributed by atoms with Crippen LogP contribution in [0.4, 0.5) is 0 Å². The molecule has 0 aliphatic heterocycles. The van der Waals surface area contributed by atoms with Crippen LogP contribution in [0.15, 0.2) is 0 Å². The van der Waals surface area contributed by atoms with Crippen LogP contribution in [-0.2, 0) is 9.59 Å². The van der Waals surface area contributed by atoms with Gasteiger partial charge in [-0.1, -0.05) is 13.3 Å². The number of hydrogen-bond donors (Lipinski definition) is 2. The van der Waals surface area contributed by atoms with Crippen molar-refractivity contribution in [3.8, 4) is 0 Å². The summed E-state index contributed by atoms with van der Waals surface area (Å²) < 4.78 is 0. The highest BCUT2D eigenvalue weighted by Gasteiger charge is 2.34. The second-order valence-corrected chi connectivity index (χ2v) is 4.93. The number of nitrogens with zero attached hydrogens (tertiary/aromatic N) is 1. The standard InChI is InChI=1S/C13H24N2O3/c1-3-4-8-14-13(18)10(2)15(11-5-6-11)9-7-12(16)17/h10-11H,3-9H2,1-2H3,(H,14,18)(H,16,17). The molecule has 2 N–H and O–H groups in total. The van der Waals surface area contributed by atoms with Gasteiger partial charge in [0, 0.05) is 19.1 Å². The molecule has 5 heteroatoms. The molecule has 0 heterocycles. The van der Waals surface area contributed by atoms with Gasteiger partial charge in [-0.3, -0.25) is 14.5 Å². The van der Waals surface area contributed by atoms with Gasteiger partial charge in [0.05, 0.1) is 12.5 Å². The normalized spacial score (nSPS) is 16.6. The molecule has 1 fully saturated rings. The van der Waals surface area contributed by atoms with Crippen LogP contribution in [0.1, 0.15) is 46.0 Å². The molecule has 0 aromatic rings. The van der Waals surface area contributed by atoms with Gasteiger partial charge >= 0.3 is 5.97 Å². The lowest BCUT2D eigenvalue weighted by Gasteiger charge is -2.27. The van der Waals surface area contributed by atoms with Gasteiger partial charge in [-0.05, 0) is 26.2 Å². The van der Waals surface area contributed by atoms with Crippen molar-refractivity contribution in [1.82, 2.24) is 10.2 Å². The van der Waals surface area contributed by atoms with E-state index in [0.29, 0.717) is 19.1 Å². The van der Waals surface area contributed by atoms with Crippen molar-refractivity contribution in [3.63, 3.8) is 0 Å². The highest BCUT2D eigenvalue weighted by Crippen LogP contribution is 2.28. The van der Waals surface area contributed by atoms with E-state index in [0.717, 1.165) is 25.7 Å².